The number of thioether (sulfide) groups is 1. The van der Waals surface area contributed by atoms with E-state index in [0.717, 1.165) is 11.8 Å². The maximum Gasteiger partial charge on any atom is 0.337 e. The first-order valence-electron chi connectivity index (χ1n) is 12.8. The van der Waals surface area contributed by atoms with Gasteiger partial charge in [0.1, 0.15) is 22.8 Å². The summed E-state index contributed by atoms with van der Waals surface area (Å²) < 4.78 is 4.97. The van der Waals surface area contributed by atoms with Crippen molar-refractivity contribution in [2.24, 2.45) is 17.6 Å². The molecule has 1 aromatic rings. The first-order chi connectivity index (χ1) is 19.2. The van der Waals surface area contributed by atoms with E-state index in [1.165, 1.54) is 12.1 Å². The van der Waals surface area contributed by atoms with Gasteiger partial charge in [0.25, 0.3) is 5.91 Å². The van der Waals surface area contributed by atoms with Crippen molar-refractivity contribution >= 4 is 51.8 Å². The van der Waals surface area contributed by atoms with Crippen molar-refractivity contribution in [2.75, 3.05) is 17.7 Å². The number of aromatic hydroxyl groups is 1. The summed E-state index contributed by atoms with van der Waals surface area (Å²) >= 11 is 0.849. The number of phenols is 1. The van der Waals surface area contributed by atoms with E-state index in [1.807, 2.05) is 0 Å². The van der Waals surface area contributed by atoms with E-state index in [2.05, 4.69) is 5.32 Å². The highest BCUT2D eigenvalue weighted by molar-refractivity contribution is 8.13. The Labute approximate surface area is 238 Å². The summed E-state index contributed by atoms with van der Waals surface area (Å²) in [6, 6.07) is 1.30. The van der Waals surface area contributed by atoms with Crippen LogP contribution in [0.2, 0.25) is 0 Å². The molecule has 1 fully saturated rings. The molecule has 0 spiro atoms. The van der Waals surface area contributed by atoms with Gasteiger partial charge < -0.3 is 41.3 Å². The summed E-state index contributed by atoms with van der Waals surface area (Å²) in [4.78, 5) is 63.3. The number of anilines is 1. The molecule has 0 saturated heterocycles. The van der Waals surface area contributed by atoms with Crippen molar-refractivity contribution in [2.45, 2.75) is 50.9 Å². The van der Waals surface area contributed by atoms with Crippen LogP contribution in [-0.4, -0.2) is 84.2 Å². The van der Waals surface area contributed by atoms with Gasteiger partial charge in [0.05, 0.1) is 24.0 Å². The Morgan fingerprint density at radius 1 is 1.20 bits per heavy atom. The first-order valence-corrected chi connectivity index (χ1v) is 13.8. The van der Waals surface area contributed by atoms with Crippen molar-refractivity contribution < 1.29 is 54.2 Å². The van der Waals surface area contributed by atoms with Crippen molar-refractivity contribution in [1.82, 2.24) is 0 Å². The van der Waals surface area contributed by atoms with Crippen LogP contribution in [0.5, 0.6) is 5.75 Å². The third-order valence-electron chi connectivity index (χ3n) is 7.85. The highest BCUT2D eigenvalue weighted by Crippen LogP contribution is 2.56. The molecule has 1 aromatic carbocycles. The monoisotopic (exact) mass is 590 g/mol. The number of fused-ring (bicyclic) bond motifs is 3. The van der Waals surface area contributed by atoms with Crippen LogP contribution in [0.4, 0.5) is 5.69 Å². The van der Waals surface area contributed by atoms with Crippen molar-refractivity contribution in [3.05, 3.63) is 40.2 Å². The zero-order valence-corrected chi connectivity index (χ0v) is 23.2. The predicted molar refractivity (Wildman–Crippen MR) is 145 cm³/mol. The molecular weight excluding hydrogens is 560 g/mol. The number of hydrogen-bond donors (Lipinski definition) is 7. The average molecular weight is 591 g/mol. The van der Waals surface area contributed by atoms with Crippen LogP contribution in [0, 0.1) is 11.8 Å². The van der Waals surface area contributed by atoms with Crippen molar-refractivity contribution in [3.8, 4) is 5.75 Å². The number of aliphatic hydroxyl groups is 4. The third-order valence-corrected chi connectivity index (χ3v) is 8.65. The van der Waals surface area contributed by atoms with Gasteiger partial charge in [-0.2, -0.15) is 0 Å². The van der Waals surface area contributed by atoms with Gasteiger partial charge in [-0.25, -0.2) is 4.79 Å². The van der Waals surface area contributed by atoms with Crippen LogP contribution in [0.25, 0.3) is 5.76 Å². The van der Waals surface area contributed by atoms with Crippen LogP contribution >= 0.6 is 11.8 Å². The Morgan fingerprint density at radius 3 is 2.44 bits per heavy atom. The number of carbonyl (C=O) groups is 5. The molecule has 1 saturated carbocycles. The largest absolute Gasteiger partial charge is 0.508 e. The summed E-state index contributed by atoms with van der Waals surface area (Å²) in [6.07, 6.45) is -2.33. The topological polar surface area (TPSA) is 234 Å². The van der Waals surface area contributed by atoms with E-state index in [0.29, 0.717) is 5.75 Å². The minimum atomic E-state index is -2.96. The standard InChI is InChI=1S/C27H30N2O11S/c1-4-40-25(37)18(26(38)41-5-2)29-12-7-6-10-9(3)14-17(21(33)15(10)20(12)32)23(35)27(39)11(19(14)31)8-13(30)16(22(27)34)24(28)36/h6-7,9,11,14,18-19,29,31-34,39H,4-5,8H2,1-3H3,(H2,28,36)/t9-,11+,14+,18?,19+,27+/m0/s1. The second-order valence-electron chi connectivity index (χ2n) is 9.99. The Kier molecular flexibility index (Phi) is 7.95. The molecule has 0 aliphatic heterocycles. The molecule has 1 unspecified atom stereocenters. The normalized spacial score (nSPS) is 27.9. The molecule has 3 aliphatic carbocycles. The number of amides is 1. The van der Waals surface area contributed by atoms with E-state index in [9.17, 15) is 49.5 Å². The second kappa shape index (κ2) is 10.8. The number of phenolic OH excluding ortho intramolecular Hbond substituents is 1. The summed E-state index contributed by atoms with van der Waals surface area (Å²) in [6.45, 7) is 4.84. The number of aliphatic hydroxyl groups excluding tert-OH is 3. The maximum atomic E-state index is 13.8. The smallest absolute Gasteiger partial charge is 0.337 e. The summed E-state index contributed by atoms with van der Waals surface area (Å²) in [7, 11) is 0. The van der Waals surface area contributed by atoms with Gasteiger partial charge in [0.15, 0.2) is 17.4 Å². The zero-order chi connectivity index (χ0) is 30.5. The predicted octanol–water partition coefficient (Wildman–Crippen LogP) is 0.579. The van der Waals surface area contributed by atoms with Gasteiger partial charge in [-0.15, -0.1) is 0 Å². The van der Waals surface area contributed by atoms with E-state index < -0.39 is 98.9 Å². The summed E-state index contributed by atoms with van der Waals surface area (Å²) in [5, 5.41) is 58.0. The molecule has 6 atom stereocenters. The molecule has 0 aromatic heterocycles. The second-order valence-corrected chi connectivity index (χ2v) is 11.3. The molecule has 0 radical (unpaired) electrons. The lowest BCUT2D eigenvalue weighted by Gasteiger charge is -2.50. The molecule has 3 aliphatic rings. The Hall–Kier alpha value is -3.88. The number of esters is 1. The molecule has 0 bridgehead atoms. The van der Waals surface area contributed by atoms with Crippen LogP contribution in [0.1, 0.15) is 44.2 Å². The number of primary amides is 1. The number of ketones is 2. The average Bonchev–Trinajstić information content (AvgIpc) is 2.90. The number of nitrogens with one attached hydrogen (secondary N) is 1. The number of benzene rings is 1. The lowest BCUT2D eigenvalue weighted by molar-refractivity contribution is -0.160. The SMILES string of the molecule is CCOC(=O)C(Nc1ccc2c(c1O)C(O)=C1C(=O)[C@]3(O)C(O)=C(C(N)=O)C(=O)C[C@@H]3[C@@H](O)[C@@H]1[C@H]2C)C(=O)SCC. The van der Waals surface area contributed by atoms with Gasteiger partial charge in [-0.3, -0.25) is 19.2 Å². The quantitative estimate of drug-likeness (QED) is 0.0997. The maximum absolute atomic E-state index is 13.8. The highest BCUT2D eigenvalue weighted by atomic mass is 32.2. The molecular formula is C27H30N2O11S. The molecule has 14 heteroatoms. The molecule has 1 amide bonds. The fourth-order valence-electron chi connectivity index (χ4n) is 5.93. The minimum absolute atomic E-state index is 0.0122. The van der Waals surface area contributed by atoms with Crippen LogP contribution in [-0.2, 0) is 28.7 Å². The third kappa shape index (κ3) is 4.46. The van der Waals surface area contributed by atoms with E-state index in [-0.39, 0.29) is 23.4 Å². The Morgan fingerprint density at radius 2 is 1.85 bits per heavy atom. The molecule has 4 rings (SSSR count). The van der Waals surface area contributed by atoms with Crippen LogP contribution in [0.15, 0.2) is 29.0 Å². The lowest BCUT2D eigenvalue weighted by atomic mass is 9.55. The molecule has 13 nitrogen and oxygen atoms in total. The molecule has 220 valence electrons. The highest BCUT2D eigenvalue weighted by Gasteiger charge is 2.64. The van der Waals surface area contributed by atoms with Gasteiger partial charge in [0.2, 0.25) is 10.9 Å². The fourth-order valence-corrected chi connectivity index (χ4v) is 6.54. The minimum Gasteiger partial charge on any atom is -0.508 e. The number of hydrogen-bond acceptors (Lipinski definition) is 13. The van der Waals surface area contributed by atoms with Gasteiger partial charge >= 0.3 is 5.97 Å². The van der Waals surface area contributed by atoms with Gasteiger partial charge in [-0.05, 0) is 30.2 Å². The van der Waals surface area contributed by atoms with Crippen molar-refractivity contribution in [1.29, 1.82) is 0 Å². The van der Waals surface area contributed by atoms with Crippen molar-refractivity contribution in [3.63, 3.8) is 0 Å². The van der Waals surface area contributed by atoms with E-state index >= 15 is 0 Å². The summed E-state index contributed by atoms with van der Waals surface area (Å²) in [5.74, 6) is -10.5. The van der Waals surface area contributed by atoms with E-state index in [4.69, 9.17) is 10.5 Å². The van der Waals surface area contributed by atoms with Crippen LogP contribution in [0.3, 0.4) is 0 Å². The van der Waals surface area contributed by atoms with E-state index in [1.54, 1.807) is 20.8 Å². The zero-order valence-electron chi connectivity index (χ0n) is 22.3. The Bertz CT molecular complexity index is 1420. The number of carbonyl (C=O) groups excluding carboxylic acids is 5. The van der Waals surface area contributed by atoms with Gasteiger partial charge in [0, 0.05) is 23.8 Å². The lowest BCUT2D eigenvalue weighted by Crippen LogP contribution is -2.63. The Balaban J connectivity index is 1.87. The number of Topliss-reactive ketones (excluding diaryl/α,β-unsaturated/α-hetero) is 2. The number of rotatable bonds is 7. The first kappa shape index (κ1) is 30.1. The molecule has 41 heavy (non-hydrogen) atoms. The number of ether oxygens (including phenoxy) is 1. The molecule has 0 heterocycles. The molecule has 8 N–H and O–H groups in total. The van der Waals surface area contributed by atoms with Gasteiger partial charge in [-0.1, -0.05) is 31.7 Å². The fraction of sp³-hybridized carbons (Fsp3) is 0.444. The summed E-state index contributed by atoms with van der Waals surface area (Å²) in [5.41, 5.74) is 0.533. The van der Waals surface area contributed by atoms with Crippen LogP contribution < -0.4 is 11.1 Å². The number of nitrogens with two attached hydrogens (primary N) is 1.